The first kappa shape index (κ1) is 30.8. The number of aliphatic hydroxyl groups excluding tert-OH is 3. The van der Waals surface area contributed by atoms with E-state index in [9.17, 15) is 29.7 Å². The fourth-order valence-electron chi connectivity index (χ4n) is 3.14. The number of ether oxygens (including phenoxy) is 3. The maximum Gasteiger partial charge on any atom is 0.508 e. The average molecular weight is 503 g/mol. The Morgan fingerprint density at radius 1 is 1.11 bits per heavy atom. The summed E-state index contributed by atoms with van der Waals surface area (Å²) < 4.78 is 15.4. The third-order valence-electron chi connectivity index (χ3n) is 5.12. The summed E-state index contributed by atoms with van der Waals surface area (Å²) >= 11 is 0. The minimum absolute atomic E-state index is 0.0527. The number of hydrogen-bond acceptors (Lipinski definition) is 9. The van der Waals surface area contributed by atoms with Gasteiger partial charge >= 0.3 is 6.16 Å². The normalized spacial score (nSPS) is 23.0. The standard InChI is InChI=1S/C24H42N2O9/c1-23(2,3)11-10-16(27)17(28)18(29)19(33-7)21(31)26-15-9-8-14(12-25-20(15)30)35-22(32)34-13-24(4,5)6/h10-11,14-19,27-29H,8-9,12-13H2,1-7H3,(H,25,30)(H,26,31)/t14-,15+,16-,17+,18-,19-/m1/s1. The SMILES string of the molecule is CO[C@@H](C(=O)N[C@H]1CC[C@@H](OC(=O)OCC(C)(C)C)CNC1=O)[C@H](O)[C@@H](O)[C@H](O)C=CC(C)(C)C. The number of aliphatic hydroxyl groups is 3. The Bertz CT molecular complexity index is 742. The number of rotatable bonds is 9. The first-order chi connectivity index (χ1) is 16.0. The average Bonchev–Trinajstić information content (AvgIpc) is 2.91. The quantitative estimate of drug-likeness (QED) is 0.225. The van der Waals surface area contributed by atoms with Gasteiger partial charge in [-0.2, -0.15) is 0 Å². The van der Waals surface area contributed by atoms with Gasteiger partial charge in [-0.15, -0.1) is 0 Å². The third kappa shape index (κ3) is 11.4. The van der Waals surface area contributed by atoms with Crippen LogP contribution in [-0.2, 0) is 23.8 Å². The Kier molecular flexibility index (Phi) is 11.6. The summed E-state index contributed by atoms with van der Waals surface area (Å²) in [6, 6.07) is -0.977. The van der Waals surface area contributed by atoms with Crippen molar-refractivity contribution in [2.75, 3.05) is 20.3 Å². The van der Waals surface area contributed by atoms with E-state index in [4.69, 9.17) is 14.2 Å². The lowest BCUT2D eigenvalue weighted by molar-refractivity contribution is -0.150. The fourth-order valence-corrected chi connectivity index (χ4v) is 3.14. The predicted octanol–water partition coefficient (Wildman–Crippen LogP) is 0.649. The van der Waals surface area contributed by atoms with Gasteiger partial charge in [-0.3, -0.25) is 9.59 Å². The van der Waals surface area contributed by atoms with Gasteiger partial charge in [0.25, 0.3) is 5.91 Å². The van der Waals surface area contributed by atoms with E-state index in [1.165, 1.54) is 6.08 Å². The van der Waals surface area contributed by atoms with E-state index in [1.807, 2.05) is 41.5 Å². The summed E-state index contributed by atoms with van der Waals surface area (Å²) in [7, 11) is 1.16. The molecule has 0 aromatic carbocycles. The topological polar surface area (TPSA) is 164 Å². The van der Waals surface area contributed by atoms with Crippen LogP contribution >= 0.6 is 0 Å². The molecular weight excluding hydrogens is 460 g/mol. The van der Waals surface area contributed by atoms with Crippen molar-refractivity contribution in [2.45, 2.75) is 90.9 Å². The van der Waals surface area contributed by atoms with Crippen molar-refractivity contribution >= 4 is 18.0 Å². The van der Waals surface area contributed by atoms with Gasteiger partial charge in [-0.1, -0.05) is 53.7 Å². The molecule has 1 aliphatic heterocycles. The Balaban J connectivity index is 2.70. The molecule has 0 aromatic heterocycles. The number of nitrogens with one attached hydrogen (secondary N) is 2. The molecular formula is C24H42N2O9. The van der Waals surface area contributed by atoms with Crippen molar-refractivity contribution in [1.29, 1.82) is 0 Å². The molecule has 11 nitrogen and oxygen atoms in total. The number of amides is 2. The Hall–Kier alpha value is -2.21. The molecule has 0 unspecified atom stereocenters. The molecule has 0 bridgehead atoms. The summed E-state index contributed by atoms with van der Waals surface area (Å²) in [6.07, 6.45) is -4.49. The van der Waals surface area contributed by atoms with Gasteiger partial charge in [-0.25, -0.2) is 4.79 Å². The Morgan fingerprint density at radius 2 is 1.74 bits per heavy atom. The summed E-state index contributed by atoms with van der Waals surface area (Å²) in [5, 5.41) is 36.0. The van der Waals surface area contributed by atoms with Gasteiger partial charge < -0.3 is 40.2 Å². The van der Waals surface area contributed by atoms with Crippen molar-refractivity contribution in [3.8, 4) is 0 Å². The maximum atomic E-state index is 12.7. The number of methoxy groups -OCH3 is 1. The van der Waals surface area contributed by atoms with Gasteiger partial charge in [0.05, 0.1) is 13.2 Å². The molecule has 1 saturated heterocycles. The highest BCUT2D eigenvalue weighted by Crippen LogP contribution is 2.18. The first-order valence-electron chi connectivity index (χ1n) is 11.7. The molecule has 5 N–H and O–H groups in total. The lowest BCUT2D eigenvalue weighted by Crippen LogP contribution is -2.55. The van der Waals surface area contributed by atoms with E-state index in [0.717, 1.165) is 7.11 Å². The minimum atomic E-state index is -1.76. The summed E-state index contributed by atoms with van der Waals surface area (Å²) in [4.78, 5) is 37.1. The van der Waals surface area contributed by atoms with Crippen LogP contribution in [0.2, 0.25) is 0 Å². The molecule has 2 amide bonds. The van der Waals surface area contributed by atoms with Gasteiger partial charge in [0, 0.05) is 7.11 Å². The van der Waals surface area contributed by atoms with Crippen LogP contribution in [0.3, 0.4) is 0 Å². The number of allylic oxidation sites excluding steroid dienone is 1. The minimum Gasteiger partial charge on any atom is -0.434 e. The number of hydrogen-bond donors (Lipinski definition) is 5. The third-order valence-corrected chi connectivity index (χ3v) is 5.12. The highest BCUT2D eigenvalue weighted by Gasteiger charge is 2.37. The van der Waals surface area contributed by atoms with Crippen molar-refractivity contribution < 1.29 is 43.9 Å². The largest absolute Gasteiger partial charge is 0.508 e. The van der Waals surface area contributed by atoms with Crippen LogP contribution in [0.5, 0.6) is 0 Å². The first-order valence-corrected chi connectivity index (χ1v) is 11.7. The van der Waals surface area contributed by atoms with Crippen LogP contribution in [0.25, 0.3) is 0 Å². The zero-order valence-electron chi connectivity index (χ0n) is 21.7. The number of carbonyl (C=O) groups excluding carboxylic acids is 3. The molecule has 202 valence electrons. The molecule has 11 heteroatoms. The highest BCUT2D eigenvalue weighted by atomic mass is 16.7. The smallest absolute Gasteiger partial charge is 0.434 e. The van der Waals surface area contributed by atoms with Crippen molar-refractivity contribution in [1.82, 2.24) is 10.6 Å². The second-order valence-corrected chi connectivity index (χ2v) is 11.1. The Labute approximate surface area is 207 Å². The zero-order valence-corrected chi connectivity index (χ0v) is 21.7. The summed E-state index contributed by atoms with van der Waals surface area (Å²) in [6.45, 7) is 11.6. The van der Waals surface area contributed by atoms with Crippen LogP contribution in [0, 0.1) is 10.8 Å². The lowest BCUT2D eigenvalue weighted by Gasteiger charge is -2.28. The van der Waals surface area contributed by atoms with Crippen LogP contribution in [0.4, 0.5) is 4.79 Å². The summed E-state index contributed by atoms with van der Waals surface area (Å²) in [5.74, 6) is -1.33. The molecule has 0 aromatic rings. The molecule has 0 radical (unpaired) electrons. The van der Waals surface area contributed by atoms with Crippen LogP contribution in [-0.4, -0.2) is 90.1 Å². The van der Waals surface area contributed by atoms with Crippen LogP contribution in [0.1, 0.15) is 54.4 Å². The van der Waals surface area contributed by atoms with E-state index in [0.29, 0.717) is 0 Å². The monoisotopic (exact) mass is 502 g/mol. The molecule has 1 aliphatic rings. The van der Waals surface area contributed by atoms with Crippen molar-refractivity contribution in [3.63, 3.8) is 0 Å². The van der Waals surface area contributed by atoms with Crippen molar-refractivity contribution in [2.24, 2.45) is 10.8 Å². The molecule has 0 spiro atoms. The molecule has 0 aliphatic carbocycles. The van der Waals surface area contributed by atoms with Gasteiger partial charge in [0.15, 0.2) is 6.10 Å². The van der Waals surface area contributed by atoms with Crippen molar-refractivity contribution in [3.05, 3.63) is 12.2 Å². The molecule has 1 fully saturated rings. The van der Waals surface area contributed by atoms with Gasteiger partial charge in [0.2, 0.25) is 5.91 Å². The highest BCUT2D eigenvalue weighted by molar-refractivity contribution is 5.89. The summed E-state index contributed by atoms with van der Waals surface area (Å²) in [5.41, 5.74) is -0.484. The molecule has 6 atom stereocenters. The lowest BCUT2D eigenvalue weighted by atomic mass is 9.94. The van der Waals surface area contributed by atoms with Gasteiger partial charge in [-0.05, 0) is 23.7 Å². The fraction of sp³-hybridized carbons (Fsp3) is 0.792. The Morgan fingerprint density at radius 3 is 2.29 bits per heavy atom. The van der Waals surface area contributed by atoms with E-state index >= 15 is 0 Å². The predicted molar refractivity (Wildman–Crippen MR) is 127 cm³/mol. The molecule has 0 saturated carbocycles. The van der Waals surface area contributed by atoms with Crippen LogP contribution < -0.4 is 10.6 Å². The molecule has 1 heterocycles. The second-order valence-electron chi connectivity index (χ2n) is 11.1. The second kappa shape index (κ2) is 13.2. The van der Waals surface area contributed by atoms with Crippen LogP contribution in [0.15, 0.2) is 12.2 Å². The molecule has 35 heavy (non-hydrogen) atoms. The van der Waals surface area contributed by atoms with E-state index in [2.05, 4.69) is 10.6 Å². The zero-order chi connectivity index (χ0) is 27.0. The molecule has 1 rings (SSSR count). The maximum absolute atomic E-state index is 12.7. The van der Waals surface area contributed by atoms with Gasteiger partial charge in [0.1, 0.15) is 30.5 Å². The van der Waals surface area contributed by atoms with E-state index < -0.39 is 54.5 Å². The van der Waals surface area contributed by atoms with E-state index in [1.54, 1.807) is 6.08 Å². The number of carbonyl (C=O) groups is 3. The van der Waals surface area contributed by atoms with E-state index in [-0.39, 0.29) is 36.8 Å².